The Morgan fingerprint density at radius 2 is 1.97 bits per heavy atom. The second kappa shape index (κ2) is 6.91. The van der Waals surface area contributed by atoms with Crippen molar-refractivity contribution >= 4 is 26.8 Å². The number of benzene rings is 1. The van der Waals surface area contributed by atoms with E-state index in [1.165, 1.54) is 7.11 Å². The van der Waals surface area contributed by atoms with E-state index in [2.05, 4.69) is 0 Å². The lowest BCUT2D eigenvalue weighted by Crippen LogP contribution is -2.14. The maximum absolute atomic E-state index is 12.9. The molecule has 0 amide bonds. The zero-order valence-electron chi connectivity index (χ0n) is 17.0. The average molecular weight is 426 g/mol. The van der Waals surface area contributed by atoms with E-state index in [0.717, 1.165) is 41.6 Å². The van der Waals surface area contributed by atoms with Crippen LogP contribution in [0.1, 0.15) is 46.1 Å². The highest BCUT2D eigenvalue weighted by Crippen LogP contribution is 2.38. The minimum absolute atomic E-state index is 0.0451. The SMILES string of the molecule is COC(=O)c1c2c(nc3c1c(-c1ccc(C)cc1)nn3[C@H]1CCS(=O)(=O)C1)CCC2. The molecular formula is C22H23N3O4S. The van der Waals surface area contributed by atoms with E-state index in [1.54, 1.807) is 4.68 Å². The standard InChI is InChI=1S/C22H23N3O4S/c1-13-6-8-14(9-7-13)20-19-18(22(26)29-2)16-4-3-5-17(16)23-21(19)25(24-20)15-10-11-30(27,28)12-15/h6-9,15H,3-5,10-12H2,1-2H3/t15-/m0/s1. The summed E-state index contributed by atoms with van der Waals surface area (Å²) in [5, 5.41) is 5.50. The van der Waals surface area contributed by atoms with E-state index in [9.17, 15) is 13.2 Å². The number of esters is 1. The summed E-state index contributed by atoms with van der Waals surface area (Å²) >= 11 is 0. The normalized spacial score (nSPS) is 19.9. The van der Waals surface area contributed by atoms with E-state index in [4.69, 9.17) is 14.8 Å². The molecule has 1 fully saturated rings. The highest BCUT2D eigenvalue weighted by atomic mass is 32.2. The molecule has 156 valence electrons. The summed E-state index contributed by atoms with van der Waals surface area (Å²) in [7, 11) is -1.71. The number of carbonyl (C=O) groups excluding carboxylic acids is 1. The van der Waals surface area contributed by atoms with Crippen LogP contribution in [0.15, 0.2) is 24.3 Å². The predicted molar refractivity (Wildman–Crippen MR) is 113 cm³/mol. The number of pyridine rings is 1. The van der Waals surface area contributed by atoms with Gasteiger partial charge in [0, 0.05) is 11.3 Å². The van der Waals surface area contributed by atoms with Crippen LogP contribution in [-0.4, -0.2) is 47.8 Å². The molecule has 1 aliphatic carbocycles. The Balaban J connectivity index is 1.84. The van der Waals surface area contributed by atoms with Crippen LogP contribution >= 0.6 is 0 Å². The van der Waals surface area contributed by atoms with Gasteiger partial charge >= 0.3 is 5.97 Å². The summed E-state index contributed by atoms with van der Waals surface area (Å²) in [5.41, 5.74) is 5.57. The molecule has 2 aromatic heterocycles. The Morgan fingerprint density at radius 1 is 1.20 bits per heavy atom. The fourth-order valence-electron chi connectivity index (χ4n) is 4.63. The van der Waals surface area contributed by atoms with E-state index in [-0.39, 0.29) is 17.5 Å². The largest absolute Gasteiger partial charge is 0.465 e. The topological polar surface area (TPSA) is 91.2 Å². The molecule has 1 atom stereocenters. The summed E-state index contributed by atoms with van der Waals surface area (Å²) in [6, 6.07) is 7.66. The maximum atomic E-state index is 12.9. The van der Waals surface area contributed by atoms with Gasteiger partial charge < -0.3 is 4.74 Å². The lowest BCUT2D eigenvalue weighted by atomic mass is 9.99. The second-order valence-electron chi connectivity index (χ2n) is 8.17. The Morgan fingerprint density at radius 3 is 2.63 bits per heavy atom. The van der Waals surface area contributed by atoms with Crippen molar-refractivity contribution in [3.63, 3.8) is 0 Å². The molecule has 1 aromatic carbocycles. The van der Waals surface area contributed by atoms with Crippen molar-refractivity contribution in [2.24, 2.45) is 0 Å². The smallest absolute Gasteiger partial charge is 0.339 e. The molecule has 5 rings (SSSR count). The Kier molecular flexibility index (Phi) is 4.43. The zero-order valence-corrected chi connectivity index (χ0v) is 17.8. The molecule has 0 bridgehead atoms. The van der Waals surface area contributed by atoms with Gasteiger partial charge in [-0.2, -0.15) is 5.10 Å². The molecule has 0 radical (unpaired) electrons. The van der Waals surface area contributed by atoms with Crippen molar-refractivity contribution in [2.45, 2.75) is 38.6 Å². The van der Waals surface area contributed by atoms with Gasteiger partial charge in [0.1, 0.15) is 5.69 Å². The maximum Gasteiger partial charge on any atom is 0.339 e. The monoisotopic (exact) mass is 425 g/mol. The molecular weight excluding hydrogens is 402 g/mol. The summed E-state index contributed by atoms with van der Waals surface area (Å²) < 4.78 is 31.2. The molecule has 8 heteroatoms. The number of nitrogens with zero attached hydrogens (tertiary/aromatic N) is 3. The summed E-state index contributed by atoms with van der Waals surface area (Å²) in [6.45, 7) is 2.01. The van der Waals surface area contributed by atoms with Gasteiger partial charge in [0.25, 0.3) is 0 Å². The molecule has 0 spiro atoms. The van der Waals surface area contributed by atoms with Gasteiger partial charge in [-0.25, -0.2) is 22.9 Å². The quantitative estimate of drug-likeness (QED) is 0.599. The number of carbonyl (C=O) groups is 1. The van der Waals surface area contributed by atoms with Crippen LogP contribution in [0.25, 0.3) is 22.3 Å². The number of methoxy groups -OCH3 is 1. The van der Waals surface area contributed by atoms with Crippen LogP contribution in [0.5, 0.6) is 0 Å². The molecule has 0 saturated carbocycles. The third kappa shape index (κ3) is 3.01. The van der Waals surface area contributed by atoms with Crippen LogP contribution in [0.2, 0.25) is 0 Å². The van der Waals surface area contributed by atoms with Crippen molar-refractivity contribution in [1.29, 1.82) is 0 Å². The third-order valence-corrected chi connectivity index (χ3v) is 7.89. The van der Waals surface area contributed by atoms with Crippen molar-refractivity contribution < 1.29 is 17.9 Å². The van der Waals surface area contributed by atoms with E-state index >= 15 is 0 Å². The fourth-order valence-corrected chi connectivity index (χ4v) is 6.32. The highest BCUT2D eigenvalue weighted by Gasteiger charge is 2.35. The van der Waals surface area contributed by atoms with Gasteiger partial charge in [-0.15, -0.1) is 0 Å². The van der Waals surface area contributed by atoms with Gasteiger partial charge in [0.2, 0.25) is 0 Å². The lowest BCUT2D eigenvalue weighted by molar-refractivity contribution is 0.0601. The molecule has 3 heterocycles. The molecule has 30 heavy (non-hydrogen) atoms. The van der Waals surface area contributed by atoms with Crippen LogP contribution < -0.4 is 0 Å². The first kappa shape index (κ1) is 19.2. The van der Waals surface area contributed by atoms with Gasteiger partial charge in [-0.1, -0.05) is 29.8 Å². The van der Waals surface area contributed by atoms with Gasteiger partial charge in [0.05, 0.1) is 35.6 Å². The fraction of sp³-hybridized carbons (Fsp3) is 0.409. The number of aromatic nitrogens is 3. The van der Waals surface area contributed by atoms with Gasteiger partial charge in [-0.3, -0.25) is 0 Å². The Labute approximate surface area is 175 Å². The summed E-state index contributed by atoms with van der Waals surface area (Å²) in [4.78, 5) is 17.8. The van der Waals surface area contributed by atoms with Crippen LogP contribution in [0.3, 0.4) is 0 Å². The van der Waals surface area contributed by atoms with Crippen LogP contribution in [0.4, 0.5) is 0 Å². The minimum Gasteiger partial charge on any atom is -0.465 e. The van der Waals surface area contributed by atoms with Crippen LogP contribution in [-0.2, 0) is 27.4 Å². The molecule has 2 aliphatic rings. The minimum atomic E-state index is -3.10. The molecule has 1 aliphatic heterocycles. The number of fused-ring (bicyclic) bond motifs is 2. The number of hydrogen-bond donors (Lipinski definition) is 0. The third-order valence-electron chi connectivity index (χ3n) is 6.14. The van der Waals surface area contributed by atoms with Gasteiger partial charge in [-0.05, 0) is 38.2 Å². The number of hydrogen-bond acceptors (Lipinski definition) is 6. The van der Waals surface area contributed by atoms with Crippen LogP contribution in [0, 0.1) is 6.92 Å². The Hall–Kier alpha value is -2.74. The first-order chi connectivity index (χ1) is 14.4. The van der Waals surface area contributed by atoms with E-state index in [0.29, 0.717) is 28.7 Å². The number of aryl methyl sites for hydroxylation is 2. The second-order valence-corrected chi connectivity index (χ2v) is 10.4. The average Bonchev–Trinajstić information content (AvgIpc) is 3.43. The lowest BCUT2D eigenvalue weighted by Gasteiger charge is -2.12. The van der Waals surface area contributed by atoms with E-state index < -0.39 is 15.8 Å². The van der Waals surface area contributed by atoms with Gasteiger partial charge in [0.15, 0.2) is 15.5 Å². The number of rotatable bonds is 3. The first-order valence-corrected chi connectivity index (χ1v) is 12.0. The Bertz CT molecular complexity index is 1280. The number of ether oxygens (including phenoxy) is 1. The van der Waals surface area contributed by atoms with Crippen molar-refractivity contribution in [3.8, 4) is 11.3 Å². The molecule has 1 saturated heterocycles. The number of sulfone groups is 1. The van der Waals surface area contributed by atoms with Crippen molar-refractivity contribution in [1.82, 2.24) is 14.8 Å². The first-order valence-electron chi connectivity index (χ1n) is 10.2. The van der Waals surface area contributed by atoms with Crippen molar-refractivity contribution in [2.75, 3.05) is 18.6 Å². The van der Waals surface area contributed by atoms with Crippen molar-refractivity contribution in [3.05, 3.63) is 46.6 Å². The highest BCUT2D eigenvalue weighted by molar-refractivity contribution is 7.91. The summed E-state index contributed by atoms with van der Waals surface area (Å²) in [6.07, 6.45) is 3.01. The molecule has 3 aromatic rings. The predicted octanol–water partition coefficient (Wildman–Crippen LogP) is 3.04. The molecule has 7 nitrogen and oxygen atoms in total. The zero-order chi connectivity index (χ0) is 21.0. The van der Waals surface area contributed by atoms with E-state index in [1.807, 2.05) is 31.2 Å². The molecule has 0 N–H and O–H groups in total. The summed E-state index contributed by atoms with van der Waals surface area (Å²) in [5.74, 6) is -0.204. The molecule has 0 unspecified atom stereocenters.